The van der Waals surface area contributed by atoms with Crippen LogP contribution in [0.2, 0.25) is 0 Å². The van der Waals surface area contributed by atoms with Crippen molar-refractivity contribution in [2.45, 2.75) is 38.8 Å². The number of aromatic amines is 1. The summed E-state index contributed by atoms with van der Waals surface area (Å²) in [6.07, 6.45) is 4.26. The van der Waals surface area contributed by atoms with Crippen molar-refractivity contribution in [3.63, 3.8) is 0 Å². The van der Waals surface area contributed by atoms with Crippen molar-refractivity contribution >= 4 is 0 Å². The third kappa shape index (κ3) is 1.46. The Bertz CT molecular complexity index is 362. The van der Waals surface area contributed by atoms with Gasteiger partial charge in [0.05, 0.1) is 0 Å². The molecule has 1 aliphatic rings. The largest absolute Gasteiger partial charge is 0.344 e. The van der Waals surface area contributed by atoms with E-state index in [1.165, 1.54) is 9.36 Å². The van der Waals surface area contributed by atoms with Crippen LogP contribution in [0.1, 0.15) is 25.7 Å². The van der Waals surface area contributed by atoms with Gasteiger partial charge < -0.3 is 0 Å². The summed E-state index contributed by atoms with van der Waals surface area (Å²) >= 11 is 0. The number of fused-ring (bicyclic) bond motifs is 1. The van der Waals surface area contributed by atoms with Crippen LogP contribution in [0.3, 0.4) is 0 Å². The number of hydrogen-bond acceptors (Lipinski definition) is 2. The van der Waals surface area contributed by atoms with Gasteiger partial charge in [0, 0.05) is 13.1 Å². The maximum atomic E-state index is 11.2. The summed E-state index contributed by atoms with van der Waals surface area (Å²) in [5, 5.41) is 0. The van der Waals surface area contributed by atoms with Gasteiger partial charge >= 0.3 is 11.4 Å². The monoisotopic (exact) mass is 183 g/mol. The average molecular weight is 183 g/mol. The highest BCUT2D eigenvalue weighted by Gasteiger charge is 2.10. The van der Waals surface area contributed by atoms with Crippen molar-refractivity contribution < 1.29 is 0 Å². The molecule has 0 amide bonds. The summed E-state index contributed by atoms with van der Waals surface area (Å²) in [4.78, 5) is 24.8. The van der Waals surface area contributed by atoms with Crippen LogP contribution in [0.4, 0.5) is 0 Å². The summed E-state index contributed by atoms with van der Waals surface area (Å²) in [5.74, 6) is 0. The fourth-order valence-corrected chi connectivity index (χ4v) is 1.76. The molecule has 2 heterocycles. The molecule has 0 aliphatic carbocycles. The molecule has 5 heteroatoms. The van der Waals surface area contributed by atoms with E-state index < -0.39 is 0 Å². The minimum atomic E-state index is -0.271. The first-order chi connectivity index (χ1) is 6.29. The topological polar surface area (TPSA) is 59.8 Å². The van der Waals surface area contributed by atoms with Crippen molar-refractivity contribution in [2.24, 2.45) is 0 Å². The van der Waals surface area contributed by atoms with Crippen LogP contribution in [0, 0.1) is 0 Å². The molecule has 0 bridgehead atoms. The van der Waals surface area contributed by atoms with Gasteiger partial charge in [0.15, 0.2) is 0 Å². The van der Waals surface area contributed by atoms with Crippen LogP contribution in [-0.4, -0.2) is 14.3 Å². The normalized spacial score (nSPS) is 17.5. The van der Waals surface area contributed by atoms with Crippen molar-refractivity contribution in [3.05, 3.63) is 21.0 Å². The first-order valence-electron chi connectivity index (χ1n) is 4.69. The molecule has 0 radical (unpaired) electrons. The standard InChI is InChI=1S/C8H13N3O2/c12-7-9-8(13)11-6-4-2-1-3-5-10(7)11/h1-6H2,(H,9,12,13). The Labute approximate surface area is 75.0 Å². The lowest BCUT2D eigenvalue weighted by molar-refractivity contribution is 0.371. The Morgan fingerprint density at radius 2 is 1.31 bits per heavy atom. The van der Waals surface area contributed by atoms with Crippen LogP contribution < -0.4 is 11.4 Å². The number of H-pyrrole nitrogens is 1. The lowest BCUT2D eigenvalue weighted by atomic mass is 10.2. The first-order valence-corrected chi connectivity index (χ1v) is 4.69. The molecule has 0 saturated heterocycles. The van der Waals surface area contributed by atoms with E-state index in [4.69, 9.17) is 0 Å². The van der Waals surface area contributed by atoms with E-state index in [0.717, 1.165) is 25.7 Å². The second kappa shape index (κ2) is 3.24. The number of nitrogens with zero attached hydrogens (tertiary/aromatic N) is 2. The molecular formula is C8H13N3O2. The number of aromatic nitrogens is 3. The second-order valence-electron chi connectivity index (χ2n) is 3.40. The SMILES string of the molecule is O=c1[nH]c(=O)n2n1CCCCCC2. The van der Waals surface area contributed by atoms with Gasteiger partial charge in [0.25, 0.3) is 0 Å². The summed E-state index contributed by atoms with van der Waals surface area (Å²) < 4.78 is 3.03. The summed E-state index contributed by atoms with van der Waals surface area (Å²) in [6, 6.07) is 0. The third-order valence-electron chi connectivity index (χ3n) is 2.46. The fraction of sp³-hybridized carbons (Fsp3) is 0.750. The van der Waals surface area contributed by atoms with Gasteiger partial charge in [-0.25, -0.2) is 19.0 Å². The van der Waals surface area contributed by atoms with Crippen LogP contribution in [-0.2, 0) is 13.1 Å². The Balaban J connectivity index is 2.47. The second-order valence-corrected chi connectivity index (χ2v) is 3.40. The summed E-state index contributed by atoms with van der Waals surface area (Å²) in [6.45, 7) is 1.33. The van der Waals surface area contributed by atoms with E-state index in [-0.39, 0.29) is 11.4 Å². The Morgan fingerprint density at radius 3 is 1.77 bits per heavy atom. The average Bonchev–Trinajstić information content (AvgIpc) is 2.25. The van der Waals surface area contributed by atoms with E-state index in [1.54, 1.807) is 0 Å². The molecule has 72 valence electrons. The smallest absolute Gasteiger partial charge is 0.257 e. The molecule has 2 rings (SSSR count). The summed E-state index contributed by atoms with van der Waals surface area (Å²) in [7, 11) is 0. The van der Waals surface area contributed by atoms with Crippen molar-refractivity contribution in [1.29, 1.82) is 0 Å². The lowest BCUT2D eigenvalue weighted by Gasteiger charge is -2.12. The van der Waals surface area contributed by atoms with Crippen LogP contribution in [0.5, 0.6) is 0 Å². The Kier molecular flexibility index (Phi) is 2.08. The van der Waals surface area contributed by atoms with Gasteiger partial charge in [-0.05, 0) is 12.8 Å². The van der Waals surface area contributed by atoms with Gasteiger partial charge in [-0.2, -0.15) is 0 Å². The van der Waals surface area contributed by atoms with Crippen molar-refractivity contribution in [1.82, 2.24) is 14.3 Å². The Morgan fingerprint density at radius 1 is 0.846 bits per heavy atom. The maximum Gasteiger partial charge on any atom is 0.344 e. The highest BCUT2D eigenvalue weighted by molar-refractivity contribution is 4.69. The molecule has 13 heavy (non-hydrogen) atoms. The van der Waals surface area contributed by atoms with Crippen LogP contribution >= 0.6 is 0 Å². The highest BCUT2D eigenvalue weighted by atomic mass is 16.2. The molecule has 0 fully saturated rings. The molecule has 1 aromatic rings. The molecule has 1 aliphatic heterocycles. The van der Waals surface area contributed by atoms with Crippen molar-refractivity contribution in [3.8, 4) is 0 Å². The predicted octanol–water partition coefficient (Wildman–Crippen LogP) is -0.0879. The van der Waals surface area contributed by atoms with E-state index in [1.807, 2.05) is 0 Å². The van der Waals surface area contributed by atoms with E-state index >= 15 is 0 Å². The zero-order valence-corrected chi connectivity index (χ0v) is 7.45. The number of nitrogens with one attached hydrogen (secondary N) is 1. The van der Waals surface area contributed by atoms with Gasteiger partial charge in [-0.1, -0.05) is 12.8 Å². The maximum absolute atomic E-state index is 11.2. The van der Waals surface area contributed by atoms with Crippen molar-refractivity contribution in [2.75, 3.05) is 0 Å². The van der Waals surface area contributed by atoms with Crippen LogP contribution in [0.25, 0.3) is 0 Å². The zero-order chi connectivity index (χ0) is 9.26. The van der Waals surface area contributed by atoms with E-state index in [9.17, 15) is 9.59 Å². The minimum absolute atomic E-state index is 0.271. The summed E-state index contributed by atoms with van der Waals surface area (Å²) in [5.41, 5.74) is -0.543. The van der Waals surface area contributed by atoms with Crippen LogP contribution in [0.15, 0.2) is 9.59 Å². The number of rotatable bonds is 0. The van der Waals surface area contributed by atoms with Gasteiger partial charge in [-0.3, -0.25) is 4.98 Å². The first kappa shape index (κ1) is 8.34. The zero-order valence-electron chi connectivity index (χ0n) is 7.45. The third-order valence-corrected chi connectivity index (χ3v) is 2.46. The Hall–Kier alpha value is -1.26. The molecule has 0 saturated carbocycles. The molecule has 0 unspecified atom stereocenters. The predicted molar refractivity (Wildman–Crippen MR) is 47.8 cm³/mol. The van der Waals surface area contributed by atoms with E-state index in [2.05, 4.69) is 4.98 Å². The molecule has 1 N–H and O–H groups in total. The molecule has 1 aromatic heterocycles. The fourth-order valence-electron chi connectivity index (χ4n) is 1.76. The van der Waals surface area contributed by atoms with Gasteiger partial charge in [0.1, 0.15) is 0 Å². The molecular weight excluding hydrogens is 170 g/mol. The number of hydrogen-bond donors (Lipinski definition) is 1. The van der Waals surface area contributed by atoms with E-state index in [0.29, 0.717) is 13.1 Å². The lowest BCUT2D eigenvalue weighted by Crippen LogP contribution is -2.28. The highest BCUT2D eigenvalue weighted by Crippen LogP contribution is 2.05. The quantitative estimate of drug-likeness (QED) is 0.611. The molecule has 0 spiro atoms. The molecule has 0 aromatic carbocycles. The van der Waals surface area contributed by atoms with Gasteiger partial charge in [0.2, 0.25) is 0 Å². The minimum Gasteiger partial charge on any atom is -0.257 e. The van der Waals surface area contributed by atoms with Gasteiger partial charge in [-0.15, -0.1) is 0 Å². The molecule has 0 atom stereocenters. The molecule has 5 nitrogen and oxygen atoms in total.